The minimum atomic E-state index is 0.0513. The zero-order valence-electron chi connectivity index (χ0n) is 11.2. The summed E-state index contributed by atoms with van der Waals surface area (Å²) < 4.78 is 0. The van der Waals surface area contributed by atoms with Gasteiger partial charge in [-0.3, -0.25) is 4.98 Å². The minimum absolute atomic E-state index is 0.0513. The first kappa shape index (κ1) is 13.8. The Balaban J connectivity index is 1.92. The fourth-order valence-electron chi connectivity index (χ4n) is 2.47. The second-order valence-corrected chi connectivity index (χ2v) is 4.90. The molecule has 1 aliphatic rings. The van der Waals surface area contributed by atoms with Crippen molar-refractivity contribution < 1.29 is 5.21 Å². The molecule has 6 heteroatoms. The highest BCUT2D eigenvalue weighted by atomic mass is 16.4. The first-order valence-electron chi connectivity index (χ1n) is 6.55. The first-order valence-corrected chi connectivity index (χ1v) is 6.55. The Morgan fingerprint density at radius 3 is 3.21 bits per heavy atom. The Morgan fingerprint density at radius 1 is 1.68 bits per heavy atom. The summed E-state index contributed by atoms with van der Waals surface area (Å²) in [5, 5.41) is 15.2. The van der Waals surface area contributed by atoms with Gasteiger partial charge in [0, 0.05) is 25.3 Å². The predicted octanol–water partition coefficient (Wildman–Crippen LogP) is 0.360. The van der Waals surface area contributed by atoms with Crippen LogP contribution in [0.1, 0.15) is 24.1 Å². The molecule has 0 saturated carbocycles. The summed E-state index contributed by atoms with van der Waals surface area (Å²) in [5.74, 6) is 0.0513. The highest BCUT2D eigenvalue weighted by molar-refractivity contribution is 5.96. The summed E-state index contributed by atoms with van der Waals surface area (Å²) in [6, 6.07) is 4.39. The summed E-state index contributed by atoms with van der Waals surface area (Å²) in [6.07, 6.45) is 4.15. The number of aromatic nitrogens is 1. The van der Waals surface area contributed by atoms with E-state index in [9.17, 15) is 0 Å². The average Bonchev–Trinajstić information content (AvgIpc) is 2.84. The van der Waals surface area contributed by atoms with E-state index in [1.807, 2.05) is 12.1 Å². The summed E-state index contributed by atoms with van der Waals surface area (Å²) in [6.45, 7) is 2.79. The maximum absolute atomic E-state index is 8.74. The Labute approximate surface area is 113 Å². The molecule has 0 spiro atoms. The average molecular weight is 263 g/mol. The van der Waals surface area contributed by atoms with E-state index in [-0.39, 0.29) is 5.84 Å². The normalized spacial score (nSPS) is 20.9. The maximum Gasteiger partial charge on any atom is 0.189 e. The maximum atomic E-state index is 8.74. The van der Waals surface area contributed by atoms with Gasteiger partial charge in [-0.2, -0.15) is 0 Å². The van der Waals surface area contributed by atoms with Crippen LogP contribution in [0.15, 0.2) is 23.5 Å². The van der Waals surface area contributed by atoms with E-state index in [1.54, 1.807) is 6.20 Å². The number of likely N-dealkylation sites (N-methyl/N-ethyl adjacent to an activating group) is 1. The monoisotopic (exact) mass is 263 g/mol. The molecule has 1 atom stereocenters. The molecule has 0 radical (unpaired) electrons. The highest BCUT2D eigenvalue weighted by Crippen LogP contribution is 2.14. The Kier molecular flexibility index (Phi) is 4.70. The van der Waals surface area contributed by atoms with Crippen LogP contribution >= 0.6 is 0 Å². The second kappa shape index (κ2) is 6.49. The molecule has 1 unspecified atom stereocenters. The molecular weight excluding hydrogens is 242 g/mol. The number of hydrogen-bond donors (Lipinski definition) is 3. The molecule has 2 heterocycles. The van der Waals surface area contributed by atoms with E-state index in [1.165, 1.54) is 19.4 Å². The molecule has 0 amide bonds. The Morgan fingerprint density at radius 2 is 2.53 bits per heavy atom. The van der Waals surface area contributed by atoms with Gasteiger partial charge in [0.1, 0.15) is 5.69 Å². The molecule has 1 fully saturated rings. The van der Waals surface area contributed by atoms with Crippen LogP contribution < -0.4 is 11.1 Å². The number of hydrogen-bond acceptors (Lipinski definition) is 5. The van der Waals surface area contributed by atoms with Gasteiger partial charge >= 0.3 is 0 Å². The lowest BCUT2D eigenvalue weighted by Crippen LogP contribution is -2.35. The lowest BCUT2D eigenvalue weighted by atomic mass is 10.1. The van der Waals surface area contributed by atoms with Crippen molar-refractivity contribution in [3.63, 3.8) is 0 Å². The lowest BCUT2D eigenvalue weighted by molar-refractivity contribution is 0.300. The molecule has 1 aromatic rings. The SMILES string of the molecule is CN1CCCC1CNCc1cccnc1/C(N)=N/O. The third-order valence-electron chi connectivity index (χ3n) is 3.61. The number of nitrogens with one attached hydrogen (secondary N) is 1. The van der Waals surface area contributed by atoms with Gasteiger partial charge in [-0.15, -0.1) is 0 Å². The zero-order chi connectivity index (χ0) is 13.7. The van der Waals surface area contributed by atoms with Crippen LogP contribution in [0, 0.1) is 0 Å². The van der Waals surface area contributed by atoms with Crippen LogP contribution in [0.5, 0.6) is 0 Å². The van der Waals surface area contributed by atoms with Gasteiger partial charge in [0.15, 0.2) is 5.84 Å². The molecule has 104 valence electrons. The summed E-state index contributed by atoms with van der Waals surface area (Å²) in [4.78, 5) is 6.52. The van der Waals surface area contributed by atoms with Crippen molar-refractivity contribution in [1.82, 2.24) is 15.2 Å². The van der Waals surface area contributed by atoms with Crippen LogP contribution in [0.4, 0.5) is 0 Å². The molecule has 1 aliphatic heterocycles. The van der Waals surface area contributed by atoms with Gasteiger partial charge in [-0.05, 0) is 38.1 Å². The van der Waals surface area contributed by atoms with Gasteiger partial charge in [0.2, 0.25) is 0 Å². The molecule has 1 aromatic heterocycles. The number of nitrogens with two attached hydrogens (primary N) is 1. The molecular formula is C13H21N5O. The summed E-state index contributed by atoms with van der Waals surface area (Å²) in [5.41, 5.74) is 7.09. The van der Waals surface area contributed by atoms with Crippen LogP contribution in [-0.4, -0.2) is 47.1 Å². The van der Waals surface area contributed by atoms with Crippen molar-refractivity contribution in [3.8, 4) is 0 Å². The standard InChI is InChI=1S/C13H21N5O/c1-18-7-3-5-11(18)9-15-8-10-4-2-6-16-12(10)13(14)17-19/h2,4,6,11,15,19H,3,5,7-9H2,1H3,(H2,14,17). The highest BCUT2D eigenvalue weighted by Gasteiger charge is 2.20. The fraction of sp³-hybridized carbons (Fsp3) is 0.538. The fourth-order valence-corrected chi connectivity index (χ4v) is 2.47. The van der Waals surface area contributed by atoms with Gasteiger partial charge in [-0.25, -0.2) is 0 Å². The van der Waals surface area contributed by atoms with Crippen LogP contribution in [-0.2, 0) is 6.54 Å². The number of pyridine rings is 1. The molecule has 4 N–H and O–H groups in total. The Bertz CT molecular complexity index is 448. The van der Waals surface area contributed by atoms with Crippen molar-refractivity contribution in [1.29, 1.82) is 0 Å². The molecule has 0 aromatic carbocycles. The largest absolute Gasteiger partial charge is 0.409 e. The van der Waals surface area contributed by atoms with Crippen molar-refractivity contribution >= 4 is 5.84 Å². The van der Waals surface area contributed by atoms with Gasteiger partial charge in [-0.1, -0.05) is 11.2 Å². The molecule has 19 heavy (non-hydrogen) atoms. The zero-order valence-corrected chi connectivity index (χ0v) is 11.2. The van der Waals surface area contributed by atoms with Gasteiger partial charge in [0.05, 0.1) is 0 Å². The van der Waals surface area contributed by atoms with Crippen molar-refractivity contribution in [2.45, 2.75) is 25.4 Å². The number of likely N-dealkylation sites (tertiary alicyclic amines) is 1. The third-order valence-corrected chi connectivity index (χ3v) is 3.61. The van der Waals surface area contributed by atoms with E-state index in [4.69, 9.17) is 10.9 Å². The smallest absolute Gasteiger partial charge is 0.189 e. The second-order valence-electron chi connectivity index (χ2n) is 4.90. The van der Waals surface area contributed by atoms with Crippen LogP contribution in [0.25, 0.3) is 0 Å². The number of rotatable bonds is 5. The molecule has 0 aliphatic carbocycles. The van der Waals surface area contributed by atoms with Crippen LogP contribution in [0.2, 0.25) is 0 Å². The summed E-state index contributed by atoms with van der Waals surface area (Å²) in [7, 11) is 2.16. The van der Waals surface area contributed by atoms with Crippen molar-refractivity contribution in [2.24, 2.45) is 10.9 Å². The third kappa shape index (κ3) is 3.42. The predicted molar refractivity (Wildman–Crippen MR) is 74.1 cm³/mol. The number of oxime groups is 1. The minimum Gasteiger partial charge on any atom is -0.409 e. The quantitative estimate of drug-likeness (QED) is 0.309. The molecule has 6 nitrogen and oxygen atoms in total. The van der Waals surface area contributed by atoms with E-state index < -0.39 is 0 Å². The molecule has 1 saturated heterocycles. The van der Waals surface area contributed by atoms with Crippen molar-refractivity contribution in [3.05, 3.63) is 29.6 Å². The van der Waals surface area contributed by atoms with Gasteiger partial charge in [0.25, 0.3) is 0 Å². The lowest BCUT2D eigenvalue weighted by Gasteiger charge is -2.20. The number of nitrogens with zero attached hydrogens (tertiary/aromatic N) is 3. The number of amidine groups is 1. The molecule has 2 rings (SSSR count). The van der Waals surface area contributed by atoms with Crippen molar-refractivity contribution in [2.75, 3.05) is 20.1 Å². The summed E-state index contributed by atoms with van der Waals surface area (Å²) >= 11 is 0. The van der Waals surface area contributed by atoms with Gasteiger partial charge < -0.3 is 21.2 Å². The van der Waals surface area contributed by atoms with Crippen LogP contribution in [0.3, 0.4) is 0 Å². The topological polar surface area (TPSA) is 86.8 Å². The molecule has 0 bridgehead atoms. The van der Waals surface area contributed by atoms with E-state index in [0.29, 0.717) is 18.3 Å². The Hall–Kier alpha value is -1.66. The first-order chi connectivity index (χ1) is 9.22. The van der Waals surface area contributed by atoms with E-state index in [2.05, 4.69) is 27.4 Å². The van der Waals surface area contributed by atoms with E-state index in [0.717, 1.165) is 12.1 Å². The van der Waals surface area contributed by atoms with E-state index >= 15 is 0 Å².